The van der Waals surface area contributed by atoms with E-state index in [-0.39, 0.29) is 13.0 Å². The van der Waals surface area contributed by atoms with Crippen LogP contribution in [-0.2, 0) is 17.8 Å². The van der Waals surface area contributed by atoms with Gasteiger partial charge in [-0.05, 0) is 17.5 Å². The Hall–Kier alpha value is -1.39. The molecule has 0 amide bonds. The fourth-order valence-electron chi connectivity index (χ4n) is 1.20. The van der Waals surface area contributed by atoms with Crippen molar-refractivity contribution in [2.45, 2.75) is 19.1 Å². The Morgan fingerprint density at radius 3 is 2.64 bits per heavy atom. The molecular formula is C10H13NO3. The lowest BCUT2D eigenvalue weighted by molar-refractivity contribution is -0.138. The summed E-state index contributed by atoms with van der Waals surface area (Å²) in [6.45, 7) is -0.0455. The van der Waals surface area contributed by atoms with Gasteiger partial charge in [0.2, 0.25) is 0 Å². The fourth-order valence-corrected chi connectivity index (χ4v) is 1.20. The fraction of sp³-hybridized carbons (Fsp3) is 0.300. The van der Waals surface area contributed by atoms with Crippen molar-refractivity contribution in [2.24, 2.45) is 5.73 Å². The molecule has 76 valence electrons. The van der Waals surface area contributed by atoms with Crippen LogP contribution in [-0.4, -0.2) is 22.2 Å². The molecule has 4 N–H and O–H groups in total. The molecule has 0 aliphatic heterocycles. The average molecular weight is 195 g/mol. The summed E-state index contributed by atoms with van der Waals surface area (Å²) in [4.78, 5) is 10.5. The van der Waals surface area contributed by atoms with E-state index in [1.54, 1.807) is 24.3 Å². The molecule has 0 saturated carbocycles. The number of aliphatic carboxylic acids is 1. The molecular weight excluding hydrogens is 182 g/mol. The summed E-state index contributed by atoms with van der Waals surface area (Å²) in [6.07, 6.45) is 0.281. The lowest BCUT2D eigenvalue weighted by Crippen LogP contribution is -2.32. The van der Waals surface area contributed by atoms with Gasteiger partial charge >= 0.3 is 5.97 Å². The minimum absolute atomic E-state index is 0.0455. The standard InChI is InChI=1S/C10H13NO3/c11-9(10(13)14)5-7-2-1-3-8(4-7)6-12/h1-4,9,12H,5-6,11H2,(H,13,14)/t9-/m0/s1. The van der Waals surface area contributed by atoms with Crippen LogP contribution in [0.3, 0.4) is 0 Å². The highest BCUT2D eigenvalue weighted by atomic mass is 16.4. The van der Waals surface area contributed by atoms with Crippen molar-refractivity contribution in [2.75, 3.05) is 0 Å². The van der Waals surface area contributed by atoms with Gasteiger partial charge in [0.1, 0.15) is 6.04 Å². The molecule has 14 heavy (non-hydrogen) atoms. The lowest BCUT2D eigenvalue weighted by Gasteiger charge is -2.07. The maximum atomic E-state index is 10.5. The van der Waals surface area contributed by atoms with E-state index < -0.39 is 12.0 Å². The van der Waals surface area contributed by atoms with Crippen LogP contribution in [0, 0.1) is 0 Å². The maximum Gasteiger partial charge on any atom is 0.320 e. The zero-order valence-corrected chi connectivity index (χ0v) is 7.68. The molecule has 4 nitrogen and oxygen atoms in total. The molecule has 1 aromatic rings. The van der Waals surface area contributed by atoms with Crippen molar-refractivity contribution in [3.05, 3.63) is 35.4 Å². The van der Waals surface area contributed by atoms with Gasteiger partial charge in [0.25, 0.3) is 0 Å². The summed E-state index contributed by atoms with van der Waals surface area (Å²) in [6, 6.07) is 6.21. The number of carboxylic acids is 1. The second-order valence-electron chi connectivity index (χ2n) is 3.13. The number of hydrogen-bond donors (Lipinski definition) is 3. The smallest absolute Gasteiger partial charge is 0.320 e. The van der Waals surface area contributed by atoms with Gasteiger partial charge in [-0.3, -0.25) is 4.79 Å². The molecule has 0 heterocycles. The van der Waals surface area contributed by atoms with Crippen LogP contribution in [0.25, 0.3) is 0 Å². The van der Waals surface area contributed by atoms with Crippen LogP contribution in [0.4, 0.5) is 0 Å². The number of rotatable bonds is 4. The second kappa shape index (κ2) is 4.74. The first kappa shape index (κ1) is 10.7. The molecule has 1 rings (SSSR count). The van der Waals surface area contributed by atoms with Gasteiger partial charge in [0.15, 0.2) is 0 Å². The Morgan fingerprint density at radius 2 is 2.07 bits per heavy atom. The Bertz CT molecular complexity index is 325. The van der Waals surface area contributed by atoms with Gasteiger partial charge in [0, 0.05) is 0 Å². The highest BCUT2D eigenvalue weighted by Gasteiger charge is 2.11. The first-order chi connectivity index (χ1) is 6.63. The minimum Gasteiger partial charge on any atom is -0.480 e. The summed E-state index contributed by atoms with van der Waals surface area (Å²) in [5, 5.41) is 17.5. The molecule has 4 heteroatoms. The van der Waals surface area contributed by atoms with E-state index in [0.717, 1.165) is 11.1 Å². The van der Waals surface area contributed by atoms with Crippen molar-refractivity contribution in [1.29, 1.82) is 0 Å². The number of carbonyl (C=O) groups is 1. The first-order valence-corrected chi connectivity index (χ1v) is 4.30. The largest absolute Gasteiger partial charge is 0.480 e. The van der Waals surface area contributed by atoms with E-state index in [4.69, 9.17) is 15.9 Å². The Kier molecular flexibility index (Phi) is 3.62. The topological polar surface area (TPSA) is 83.5 Å². The second-order valence-corrected chi connectivity index (χ2v) is 3.13. The summed E-state index contributed by atoms with van der Waals surface area (Å²) < 4.78 is 0. The minimum atomic E-state index is -1.01. The molecule has 0 saturated heterocycles. The van der Waals surface area contributed by atoms with Crippen LogP contribution in [0.5, 0.6) is 0 Å². The van der Waals surface area contributed by atoms with Gasteiger partial charge in [-0.1, -0.05) is 24.3 Å². The number of aliphatic hydroxyl groups is 1. The summed E-state index contributed by atoms with van der Waals surface area (Å²) in [5.41, 5.74) is 6.97. The normalized spacial score (nSPS) is 12.4. The van der Waals surface area contributed by atoms with E-state index in [0.29, 0.717) is 0 Å². The number of benzene rings is 1. The maximum absolute atomic E-state index is 10.5. The number of aliphatic hydroxyl groups excluding tert-OH is 1. The molecule has 0 fully saturated rings. The Labute approximate surface area is 82.0 Å². The van der Waals surface area contributed by atoms with Crippen molar-refractivity contribution < 1.29 is 15.0 Å². The average Bonchev–Trinajstić information content (AvgIpc) is 2.18. The van der Waals surface area contributed by atoms with Gasteiger partial charge in [0.05, 0.1) is 6.61 Å². The summed E-state index contributed by atoms with van der Waals surface area (Å²) >= 11 is 0. The van der Waals surface area contributed by atoms with Gasteiger partial charge < -0.3 is 15.9 Å². The van der Waals surface area contributed by atoms with Crippen molar-refractivity contribution in [1.82, 2.24) is 0 Å². The summed E-state index contributed by atoms with van der Waals surface area (Å²) in [5.74, 6) is -1.01. The van der Waals surface area contributed by atoms with Crippen molar-refractivity contribution >= 4 is 5.97 Å². The monoisotopic (exact) mass is 195 g/mol. The van der Waals surface area contributed by atoms with E-state index in [2.05, 4.69) is 0 Å². The first-order valence-electron chi connectivity index (χ1n) is 4.30. The predicted molar refractivity (Wildman–Crippen MR) is 51.7 cm³/mol. The lowest BCUT2D eigenvalue weighted by atomic mass is 10.0. The van der Waals surface area contributed by atoms with Crippen LogP contribution < -0.4 is 5.73 Å². The van der Waals surface area contributed by atoms with Crippen LogP contribution in [0.15, 0.2) is 24.3 Å². The molecule has 0 spiro atoms. The van der Waals surface area contributed by atoms with Gasteiger partial charge in [-0.2, -0.15) is 0 Å². The molecule has 0 radical (unpaired) electrons. The molecule has 1 aromatic carbocycles. The Morgan fingerprint density at radius 1 is 1.43 bits per heavy atom. The summed E-state index contributed by atoms with van der Waals surface area (Å²) in [7, 11) is 0. The third-order valence-corrected chi connectivity index (χ3v) is 1.95. The van der Waals surface area contributed by atoms with E-state index >= 15 is 0 Å². The molecule has 0 unspecified atom stereocenters. The number of nitrogens with two attached hydrogens (primary N) is 1. The van der Waals surface area contributed by atoms with Crippen molar-refractivity contribution in [3.63, 3.8) is 0 Å². The Balaban J connectivity index is 2.71. The van der Waals surface area contributed by atoms with Crippen LogP contribution in [0.2, 0.25) is 0 Å². The molecule has 0 aromatic heterocycles. The van der Waals surface area contributed by atoms with E-state index in [1.807, 2.05) is 0 Å². The quantitative estimate of drug-likeness (QED) is 0.637. The highest BCUT2D eigenvalue weighted by Crippen LogP contribution is 2.07. The van der Waals surface area contributed by atoms with Gasteiger partial charge in [-0.15, -0.1) is 0 Å². The molecule has 0 aliphatic carbocycles. The van der Waals surface area contributed by atoms with Crippen LogP contribution in [0.1, 0.15) is 11.1 Å². The number of carboxylic acid groups (broad SMARTS) is 1. The SMILES string of the molecule is N[C@@H](Cc1cccc(CO)c1)C(=O)O. The molecule has 1 atom stereocenters. The molecule has 0 aliphatic rings. The third-order valence-electron chi connectivity index (χ3n) is 1.95. The third kappa shape index (κ3) is 2.83. The van der Waals surface area contributed by atoms with Crippen LogP contribution >= 0.6 is 0 Å². The number of hydrogen-bond acceptors (Lipinski definition) is 3. The zero-order chi connectivity index (χ0) is 10.6. The highest BCUT2D eigenvalue weighted by molar-refractivity contribution is 5.73. The van der Waals surface area contributed by atoms with Crippen molar-refractivity contribution in [3.8, 4) is 0 Å². The van der Waals surface area contributed by atoms with Gasteiger partial charge in [-0.25, -0.2) is 0 Å². The van der Waals surface area contributed by atoms with E-state index in [9.17, 15) is 4.79 Å². The predicted octanol–water partition coefficient (Wildman–Crippen LogP) is 0.133. The molecule has 0 bridgehead atoms. The van der Waals surface area contributed by atoms with E-state index in [1.165, 1.54) is 0 Å². The zero-order valence-electron chi connectivity index (χ0n) is 7.68.